The Bertz CT molecular complexity index is 3600. The monoisotopic (exact) mass is 996 g/mol. The summed E-state index contributed by atoms with van der Waals surface area (Å²) in [6, 6.07) is 38.7. The molecular weight excluding hydrogens is 959 g/mol. The maximum Gasteiger partial charge on any atom is 0.485 e. The third-order valence-electron chi connectivity index (χ3n) is 12.5. The van der Waals surface area contributed by atoms with Crippen molar-refractivity contribution in [2.75, 3.05) is 0 Å². The fourth-order valence-corrected chi connectivity index (χ4v) is 9.08. The van der Waals surface area contributed by atoms with Gasteiger partial charge in [0.2, 0.25) is 11.4 Å². The second-order valence-electron chi connectivity index (χ2n) is 16.6. The number of para-hydroxylation sites is 4. The van der Waals surface area contributed by atoms with Crippen LogP contribution in [0.3, 0.4) is 0 Å². The number of fused-ring (bicyclic) bond motifs is 13. The fraction of sp³-hybridized carbons (Fsp3) is 0.154. The van der Waals surface area contributed by atoms with Crippen LogP contribution < -0.4 is 9.13 Å². The standard InChI is InChI=1S/C50H38N2O2.2CHF3O3S/c1-31-32(2)38-24-28-52-26-22-34(18-20-36-10-8-14-42-40-12-4-6-16-46(40)54-50(36)42)30-44(52)48(38)47-37(31)23-27-51-25-21-33(29-43(47)51)17-19-35-9-7-13-41-39-11-3-5-15-45(39)53-49(35)41;2*2-1(3,4)8(5,6)7/h3-22,25-26,29-30H,23-24,27-28H2,1-2H3;2*(H,5,6,7)/q+2;;/p-2. The van der Waals surface area contributed by atoms with Crippen molar-refractivity contribution >= 4 is 88.4 Å². The van der Waals surface area contributed by atoms with Crippen LogP contribution in [0, 0.1) is 13.8 Å². The van der Waals surface area contributed by atoms with Crippen molar-refractivity contribution in [2.45, 2.75) is 50.8 Å². The molecule has 0 spiro atoms. The van der Waals surface area contributed by atoms with E-state index in [0.717, 1.165) is 80.9 Å². The summed E-state index contributed by atoms with van der Waals surface area (Å²) in [5.41, 5.74) is 8.10. The summed E-state index contributed by atoms with van der Waals surface area (Å²) in [6.07, 6.45) is 15.5. The van der Waals surface area contributed by atoms with Crippen molar-refractivity contribution in [2.24, 2.45) is 0 Å². The van der Waals surface area contributed by atoms with E-state index in [4.69, 9.17) is 34.8 Å². The van der Waals surface area contributed by atoms with Crippen molar-refractivity contribution < 1.29 is 70.3 Å². The molecule has 0 N–H and O–H groups in total. The third-order valence-corrected chi connectivity index (χ3v) is 13.6. The van der Waals surface area contributed by atoms with E-state index in [1.54, 1.807) is 0 Å². The average Bonchev–Trinajstić information content (AvgIpc) is 3.90. The summed E-state index contributed by atoms with van der Waals surface area (Å²) in [5.74, 6) is 0. The van der Waals surface area contributed by atoms with Gasteiger partial charge in [0, 0.05) is 69.8 Å². The van der Waals surface area contributed by atoms with E-state index in [2.05, 4.69) is 145 Å². The normalized spacial score (nSPS) is 13.7. The summed E-state index contributed by atoms with van der Waals surface area (Å²) in [5, 5.41) is 4.61. The highest BCUT2D eigenvalue weighted by Gasteiger charge is 2.38. The van der Waals surface area contributed by atoms with Gasteiger partial charge in [-0.2, -0.15) is 35.5 Å². The largest absolute Gasteiger partial charge is 0.741 e. The van der Waals surface area contributed by atoms with Crippen molar-refractivity contribution in [1.82, 2.24) is 0 Å². The van der Waals surface area contributed by atoms with Gasteiger partial charge in [0.25, 0.3) is 0 Å². The Balaban J connectivity index is 0.000000330. The topological polar surface area (TPSA) is 148 Å². The van der Waals surface area contributed by atoms with Crippen LogP contribution in [0.1, 0.15) is 44.5 Å². The molecule has 70 heavy (non-hydrogen) atoms. The van der Waals surface area contributed by atoms with Crippen molar-refractivity contribution in [3.8, 4) is 22.5 Å². The van der Waals surface area contributed by atoms with Crippen molar-refractivity contribution in [1.29, 1.82) is 0 Å². The van der Waals surface area contributed by atoms with Gasteiger partial charge in [-0.15, -0.1) is 0 Å². The highest BCUT2D eigenvalue weighted by atomic mass is 32.2. The number of rotatable bonds is 4. The number of alkyl halides is 6. The SMILES string of the molecule is Cc1c(C)c2c(c3c1CC[n+]1ccc(C=Cc4cccc5c4oc4ccccc45)cc1-3)-c1cc(C=Cc3cccc4c3oc3ccccc34)cc[n+]1CC2.O=S(=O)([O-])C(F)(F)F.O=S(=O)([O-])C(F)(F)F. The van der Waals surface area contributed by atoms with Crippen LogP contribution >= 0.6 is 0 Å². The first-order valence-electron chi connectivity index (χ1n) is 21.5. The summed E-state index contributed by atoms with van der Waals surface area (Å²) < 4.78 is 135. The van der Waals surface area contributed by atoms with Gasteiger partial charge in [0.05, 0.1) is 11.1 Å². The zero-order valence-electron chi connectivity index (χ0n) is 36.9. The first-order valence-corrected chi connectivity index (χ1v) is 24.3. The van der Waals surface area contributed by atoms with Gasteiger partial charge < -0.3 is 17.9 Å². The van der Waals surface area contributed by atoms with E-state index in [-0.39, 0.29) is 0 Å². The number of halogens is 6. The molecule has 4 aromatic heterocycles. The smallest absolute Gasteiger partial charge is 0.485 e. The number of benzene rings is 5. The van der Waals surface area contributed by atoms with Crippen LogP contribution in [-0.4, -0.2) is 37.0 Å². The van der Waals surface area contributed by atoms with Crippen LogP contribution in [0.5, 0.6) is 0 Å². The number of pyridine rings is 2. The number of hydrogen-bond donors (Lipinski definition) is 0. The molecule has 6 heterocycles. The predicted molar refractivity (Wildman–Crippen MR) is 251 cm³/mol. The van der Waals surface area contributed by atoms with Crippen LogP contribution in [-0.2, 0) is 46.2 Å². The summed E-state index contributed by atoms with van der Waals surface area (Å²) in [7, 11) is -12.2. The minimum atomic E-state index is -6.09. The zero-order chi connectivity index (χ0) is 49.9. The average molecular weight is 997 g/mol. The van der Waals surface area contributed by atoms with Crippen LogP contribution in [0.4, 0.5) is 26.3 Å². The van der Waals surface area contributed by atoms with Gasteiger partial charge in [-0.3, -0.25) is 0 Å². The van der Waals surface area contributed by atoms with Gasteiger partial charge in [0.1, 0.15) is 22.3 Å². The molecule has 2 aliphatic heterocycles. The molecule has 0 amide bonds. The lowest BCUT2D eigenvalue weighted by Gasteiger charge is -2.27. The molecule has 5 aromatic carbocycles. The first-order chi connectivity index (χ1) is 33.1. The van der Waals surface area contributed by atoms with Gasteiger partial charge in [0.15, 0.2) is 45.7 Å². The highest BCUT2D eigenvalue weighted by molar-refractivity contribution is 7.86. The number of furan rings is 2. The second kappa shape index (κ2) is 18.0. The maximum atomic E-state index is 10.7. The zero-order valence-corrected chi connectivity index (χ0v) is 38.6. The van der Waals surface area contributed by atoms with Crippen molar-refractivity contribution in [3.05, 3.63) is 166 Å². The Hall–Kier alpha value is -7.12. The molecule has 0 fully saturated rings. The van der Waals surface area contributed by atoms with E-state index >= 15 is 0 Å². The Morgan fingerprint density at radius 2 is 0.871 bits per heavy atom. The number of nitrogens with zero attached hydrogens (tertiary/aromatic N) is 2. The van der Waals surface area contributed by atoms with Crippen LogP contribution in [0.2, 0.25) is 0 Å². The second-order valence-corrected chi connectivity index (χ2v) is 19.4. The Morgan fingerprint density at radius 3 is 1.24 bits per heavy atom. The lowest BCUT2D eigenvalue weighted by molar-refractivity contribution is -0.689. The Labute approximate surface area is 396 Å². The fourth-order valence-electron chi connectivity index (χ4n) is 9.08. The molecule has 9 aromatic rings. The molecule has 0 saturated heterocycles. The predicted octanol–water partition coefficient (Wildman–Crippen LogP) is 11.6. The molecule has 0 bridgehead atoms. The molecular formula is C52H38F6N2O8S2. The molecule has 18 heteroatoms. The van der Waals surface area contributed by atoms with E-state index in [1.165, 1.54) is 55.9 Å². The van der Waals surface area contributed by atoms with E-state index in [0.29, 0.717) is 0 Å². The first kappa shape index (κ1) is 47.9. The Kier molecular flexibility index (Phi) is 12.3. The quantitative estimate of drug-likeness (QED) is 0.0732. The molecule has 10 nitrogen and oxygen atoms in total. The molecule has 2 aliphatic rings. The summed E-state index contributed by atoms with van der Waals surface area (Å²) >= 11 is 0. The number of aromatic nitrogens is 2. The molecule has 0 saturated carbocycles. The molecule has 358 valence electrons. The van der Waals surface area contributed by atoms with Gasteiger partial charge in [-0.25, -0.2) is 16.8 Å². The van der Waals surface area contributed by atoms with Crippen LogP contribution in [0.15, 0.2) is 130 Å². The minimum Gasteiger partial charge on any atom is -0.741 e. The molecule has 0 radical (unpaired) electrons. The minimum absolute atomic E-state index is 0.922. The lowest BCUT2D eigenvalue weighted by Crippen LogP contribution is -2.43. The lowest BCUT2D eigenvalue weighted by atomic mass is 9.79. The summed E-state index contributed by atoms with van der Waals surface area (Å²) in [4.78, 5) is 0. The van der Waals surface area contributed by atoms with Gasteiger partial charge >= 0.3 is 11.0 Å². The van der Waals surface area contributed by atoms with Crippen LogP contribution in [0.25, 0.3) is 90.7 Å². The molecule has 0 unspecified atom stereocenters. The molecule has 0 atom stereocenters. The number of hydrogen-bond acceptors (Lipinski definition) is 8. The Morgan fingerprint density at radius 1 is 0.514 bits per heavy atom. The van der Waals surface area contributed by atoms with E-state index in [9.17, 15) is 26.3 Å². The maximum absolute atomic E-state index is 10.7. The van der Waals surface area contributed by atoms with Crippen molar-refractivity contribution in [3.63, 3.8) is 0 Å². The number of aryl methyl sites for hydroxylation is 2. The van der Waals surface area contributed by atoms with E-state index < -0.39 is 31.3 Å². The molecule has 0 aliphatic carbocycles. The highest BCUT2D eigenvalue weighted by Crippen LogP contribution is 2.44. The van der Waals surface area contributed by atoms with Gasteiger partial charge in [-0.1, -0.05) is 97.1 Å². The summed E-state index contributed by atoms with van der Waals surface area (Å²) in [6.45, 7) is 6.62. The molecule has 11 rings (SSSR count). The van der Waals surface area contributed by atoms with E-state index in [1.807, 2.05) is 24.3 Å². The van der Waals surface area contributed by atoms with Gasteiger partial charge in [-0.05, 0) is 59.4 Å². The third kappa shape index (κ3) is 9.10.